The lowest BCUT2D eigenvalue weighted by atomic mass is 10.2. The number of alkyl halides is 3. The molecule has 0 spiro atoms. The van der Waals surface area contributed by atoms with E-state index in [1.807, 2.05) is 0 Å². The number of nitrogens with zero attached hydrogens (tertiary/aromatic N) is 7. The van der Waals surface area contributed by atoms with Crippen molar-refractivity contribution >= 4 is 29.2 Å². The molecule has 4 aromatic heterocycles. The molecule has 1 N–H and O–H groups in total. The van der Waals surface area contributed by atoms with E-state index < -0.39 is 34.9 Å². The number of halogens is 4. The summed E-state index contributed by atoms with van der Waals surface area (Å²) in [6.07, 6.45) is 0.765. The van der Waals surface area contributed by atoms with Gasteiger partial charge < -0.3 is 10.1 Å². The molecular formula is C24H22ClF3N8O3. The van der Waals surface area contributed by atoms with Crippen molar-refractivity contribution in [3.63, 3.8) is 0 Å². The maximum Gasteiger partial charge on any atom is 0.434 e. The van der Waals surface area contributed by atoms with Gasteiger partial charge in [0.1, 0.15) is 5.60 Å². The molecule has 0 aliphatic carbocycles. The lowest BCUT2D eigenvalue weighted by Crippen LogP contribution is -2.25. The number of anilines is 1. The van der Waals surface area contributed by atoms with Crippen LogP contribution < -0.4 is 5.32 Å². The fourth-order valence-electron chi connectivity index (χ4n) is 3.59. The zero-order chi connectivity index (χ0) is 28.5. The largest absolute Gasteiger partial charge is 0.460 e. The molecule has 0 aromatic carbocycles. The van der Waals surface area contributed by atoms with Gasteiger partial charge in [0.05, 0.1) is 58.9 Å². The number of esters is 1. The molecule has 0 aliphatic rings. The van der Waals surface area contributed by atoms with E-state index in [0.29, 0.717) is 16.1 Å². The highest BCUT2D eigenvalue weighted by Crippen LogP contribution is 2.35. The van der Waals surface area contributed by atoms with Gasteiger partial charge in [0, 0.05) is 6.20 Å². The van der Waals surface area contributed by atoms with Crippen LogP contribution in [0, 0.1) is 6.92 Å². The summed E-state index contributed by atoms with van der Waals surface area (Å²) in [6.45, 7) is 6.72. The molecule has 0 unspecified atom stereocenters. The van der Waals surface area contributed by atoms with E-state index in [0.717, 1.165) is 12.4 Å². The summed E-state index contributed by atoms with van der Waals surface area (Å²) in [6, 6.07) is 2.70. The van der Waals surface area contributed by atoms with Gasteiger partial charge in [-0.05, 0) is 45.4 Å². The standard InChI is InChI=1S/C24H22ClF3N8O3/c1-13-7-15(10-30-21(13)36-31-5-6-32-36)34-22(38)16-11-33-35(20(16)24(26,27)28)18-8-14(29-12-17(18)25)9-19(37)39-23(2,3)4/h5-8,10-12H,9H2,1-4H3,(H,34,38). The molecule has 0 saturated heterocycles. The topological polar surface area (TPSA) is 130 Å². The lowest BCUT2D eigenvalue weighted by Gasteiger charge is -2.19. The van der Waals surface area contributed by atoms with Crippen molar-refractivity contribution in [1.29, 1.82) is 0 Å². The zero-order valence-corrected chi connectivity index (χ0v) is 21.9. The molecule has 0 radical (unpaired) electrons. The lowest BCUT2D eigenvalue weighted by molar-refractivity contribution is -0.154. The number of hydrogen-bond acceptors (Lipinski definition) is 8. The Morgan fingerprint density at radius 3 is 2.33 bits per heavy atom. The van der Waals surface area contributed by atoms with Crippen molar-refractivity contribution in [2.24, 2.45) is 0 Å². The summed E-state index contributed by atoms with van der Waals surface area (Å²) in [5.74, 6) is -1.31. The molecular weight excluding hydrogens is 541 g/mol. The molecule has 39 heavy (non-hydrogen) atoms. The van der Waals surface area contributed by atoms with Crippen molar-refractivity contribution < 1.29 is 27.5 Å². The quantitative estimate of drug-likeness (QED) is 0.343. The van der Waals surface area contributed by atoms with E-state index >= 15 is 0 Å². The normalized spacial score (nSPS) is 11.9. The first kappa shape index (κ1) is 27.7. The number of rotatable bonds is 6. The average molecular weight is 563 g/mol. The van der Waals surface area contributed by atoms with Gasteiger partial charge in [0.2, 0.25) is 0 Å². The number of aromatic nitrogens is 7. The van der Waals surface area contributed by atoms with Gasteiger partial charge in [-0.15, -0.1) is 4.80 Å². The first-order chi connectivity index (χ1) is 18.2. The van der Waals surface area contributed by atoms with Gasteiger partial charge in [-0.25, -0.2) is 9.67 Å². The maximum atomic E-state index is 14.2. The van der Waals surface area contributed by atoms with Crippen LogP contribution >= 0.6 is 11.6 Å². The van der Waals surface area contributed by atoms with Gasteiger partial charge in [-0.1, -0.05) is 11.6 Å². The number of carbonyl (C=O) groups excluding carboxylic acids is 2. The van der Waals surface area contributed by atoms with E-state index in [9.17, 15) is 22.8 Å². The monoisotopic (exact) mass is 562 g/mol. The minimum Gasteiger partial charge on any atom is -0.460 e. The second-order valence-electron chi connectivity index (χ2n) is 9.34. The third-order valence-corrected chi connectivity index (χ3v) is 5.36. The van der Waals surface area contributed by atoms with Crippen molar-refractivity contribution in [1.82, 2.24) is 34.7 Å². The van der Waals surface area contributed by atoms with Gasteiger partial charge in [0.25, 0.3) is 5.91 Å². The van der Waals surface area contributed by atoms with Crippen LogP contribution in [0.15, 0.2) is 43.1 Å². The van der Waals surface area contributed by atoms with Crippen LogP contribution in [0.5, 0.6) is 0 Å². The Morgan fingerprint density at radius 1 is 1.03 bits per heavy atom. The van der Waals surface area contributed by atoms with Crippen LogP contribution in [0.4, 0.5) is 18.9 Å². The number of ether oxygens (including phenoxy) is 1. The Labute approximate surface area is 225 Å². The molecule has 0 aliphatic heterocycles. The predicted octanol–water partition coefficient (Wildman–Crippen LogP) is 4.36. The van der Waals surface area contributed by atoms with Gasteiger partial charge in [-0.3, -0.25) is 14.6 Å². The van der Waals surface area contributed by atoms with Gasteiger partial charge >= 0.3 is 12.1 Å². The molecule has 15 heteroatoms. The summed E-state index contributed by atoms with van der Waals surface area (Å²) >= 11 is 6.16. The maximum absolute atomic E-state index is 14.2. The Bertz CT molecular complexity index is 1530. The highest BCUT2D eigenvalue weighted by Gasteiger charge is 2.41. The molecule has 4 aromatic rings. The summed E-state index contributed by atoms with van der Waals surface area (Å²) in [5, 5.41) is 14.0. The molecule has 0 atom stereocenters. The highest BCUT2D eigenvalue weighted by atomic mass is 35.5. The van der Waals surface area contributed by atoms with Crippen LogP contribution in [0.1, 0.15) is 48.1 Å². The number of nitrogens with one attached hydrogen (secondary N) is 1. The van der Waals surface area contributed by atoms with Crippen molar-refractivity contribution in [3.8, 4) is 11.5 Å². The van der Waals surface area contributed by atoms with Gasteiger partial charge in [0.15, 0.2) is 11.5 Å². The molecule has 4 rings (SSSR count). The fourth-order valence-corrected chi connectivity index (χ4v) is 3.78. The third kappa shape index (κ3) is 6.39. The molecule has 204 valence electrons. The predicted molar refractivity (Wildman–Crippen MR) is 133 cm³/mol. The highest BCUT2D eigenvalue weighted by molar-refractivity contribution is 6.32. The van der Waals surface area contributed by atoms with E-state index in [1.54, 1.807) is 27.7 Å². The molecule has 0 saturated carbocycles. The minimum absolute atomic E-state index is 0.103. The third-order valence-electron chi connectivity index (χ3n) is 5.06. The smallest absolute Gasteiger partial charge is 0.434 e. The van der Waals surface area contributed by atoms with E-state index in [4.69, 9.17) is 16.3 Å². The van der Waals surface area contributed by atoms with Crippen molar-refractivity contribution in [2.75, 3.05) is 5.32 Å². The Hall–Kier alpha value is -4.33. The second-order valence-corrected chi connectivity index (χ2v) is 9.75. The van der Waals surface area contributed by atoms with Gasteiger partial charge in [-0.2, -0.15) is 28.5 Å². The van der Waals surface area contributed by atoms with E-state index in [2.05, 4.69) is 30.6 Å². The first-order valence-electron chi connectivity index (χ1n) is 11.4. The molecule has 11 nitrogen and oxygen atoms in total. The zero-order valence-electron chi connectivity index (χ0n) is 21.1. The second kappa shape index (κ2) is 10.4. The van der Waals surface area contributed by atoms with Crippen LogP contribution in [-0.4, -0.2) is 52.2 Å². The van der Waals surface area contributed by atoms with Crippen LogP contribution in [0.3, 0.4) is 0 Å². The molecule has 4 heterocycles. The number of aryl methyl sites for hydroxylation is 1. The number of hydrogen-bond donors (Lipinski definition) is 1. The first-order valence-corrected chi connectivity index (χ1v) is 11.8. The number of carbonyl (C=O) groups is 2. The SMILES string of the molecule is Cc1cc(NC(=O)c2cnn(-c3cc(CC(=O)OC(C)(C)C)ncc3Cl)c2C(F)(F)F)cnc1-n1nccn1. The summed E-state index contributed by atoms with van der Waals surface area (Å²) in [7, 11) is 0. The molecule has 0 fully saturated rings. The van der Waals surface area contributed by atoms with Crippen LogP contribution in [0.2, 0.25) is 5.02 Å². The summed E-state index contributed by atoms with van der Waals surface area (Å²) in [4.78, 5) is 34.6. The Kier molecular flexibility index (Phi) is 7.41. The molecule has 0 bridgehead atoms. The van der Waals surface area contributed by atoms with Crippen LogP contribution in [0.25, 0.3) is 11.5 Å². The van der Waals surface area contributed by atoms with Crippen molar-refractivity contribution in [3.05, 3.63) is 70.7 Å². The van der Waals surface area contributed by atoms with Crippen LogP contribution in [-0.2, 0) is 22.1 Å². The van der Waals surface area contributed by atoms with E-state index in [-0.39, 0.29) is 28.5 Å². The molecule has 1 amide bonds. The number of pyridine rings is 2. The minimum atomic E-state index is -5.00. The average Bonchev–Trinajstić information content (AvgIpc) is 3.49. The Balaban J connectivity index is 1.65. The summed E-state index contributed by atoms with van der Waals surface area (Å²) in [5.41, 5.74) is -2.27. The van der Waals surface area contributed by atoms with E-state index in [1.165, 1.54) is 35.5 Å². The summed E-state index contributed by atoms with van der Waals surface area (Å²) < 4.78 is 48.4. The fraction of sp³-hybridized carbons (Fsp3) is 0.292. The van der Waals surface area contributed by atoms with Crippen molar-refractivity contribution in [2.45, 2.75) is 45.9 Å². The number of amides is 1. The Morgan fingerprint density at radius 2 is 1.72 bits per heavy atom.